The third-order valence-corrected chi connectivity index (χ3v) is 3.75. The fourth-order valence-electron chi connectivity index (χ4n) is 1.73. The number of benzene rings is 1. The molecule has 2 rings (SSSR count). The second-order valence-corrected chi connectivity index (χ2v) is 6.07. The molecule has 1 aromatic rings. The first-order valence-corrected chi connectivity index (χ1v) is 7.23. The van der Waals surface area contributed by atoms with Crippen LogP contribution in [0.3, 0.4) is 0 Å². The molecule has 0 bridgehead atoms. The quantitative estimate of drug-likeness (QED) is 0.844. The Morgan fingerprint density at radius 3 is 2.41 bits per heavy atom. The Hall–Kier alpha value is -1.56. The zero-order valence-corrected chi connectivity index (χ0v) is 10.3. The Morgan fingerprint density at radius 1 is 1.24 bits per heavy atom. The maximum atomic E-state index is 11.3. The molecule has 1 aliphatic rings. The van der Waals surface area contributed by atoms with Gasteiger partial charge >= 0.3 is 0 Å². The topological polar surface area (TPSA) is 66.5 Å². The smallest absolute Gasteiger partial charge is 0.238 e. The average Bonchev–Trinajstić information content (AvgIpc) is 2.28. The van der Waals surface area contributed by atoms with Gasteiger partial charge in [-0.3, -0.25) is 15.2 Å². The van der Waals surface area contributed by atoms with Gasteiger partial charge in [-0.15, -0.1) is 0 Å². The van der Waals surface area contributed by atoms with E-state index in [2.05, 4.69) is 5.43 Å². The predicted molar refractivity (Wildman–Crippen MR) is 64.3 cm³/mol. The molecule has 1 fully saturated rings. The highest BCUT2D eigenvalue weighted by Gasteiger charge is 2.16. The highest BCUT2D eigenvalue weighted by atomic mass is 32.2. The number of carbonyl (C=O) groups is 1. The lowest BCUT2D eigenvalue weighted by Gasteiger charge is -2.29. The van der Waals surface area contributed by atoms with E-state index in [1.54, 1.807) is 29.3 Å². The summed E-state index contributed by atoms with van der Waals surface area (Å²) in [5.41, 5.74) is 3.53. The van der Waals surface area contributed by atoms with Gasteiger partial charge in [-0.1, -0.05) is 0 Å². The van der Waals surface area contributed by atoms with E-state index in [1.807, 2.05) is 0 Å². The van der Waals surface area contributed by atoms with Crippen molar-refractivity contribution in [3.05, 3.63) is 24.3 Å². The van der Waals surface area contributed by atoms with E-state index in [4.69, 9.17) is 0 Å². The van der Waals surface area contributed by atoms with Crippen molar-refractivity contribution < 1.29 is 13.2 Å². The van der Waals surface area contributed by atoms with Gasteiger partial charge in [-0.25, -0.2) is 8.42 Å². The van der Waals surface area contributed by atoms with Gasteiger partial charge in [0.2, 0.25) is 5.91 Å². The number of hydrogen-bond acceptors (Lipinski definition) is 4. The first-order chi connectivity index (χ1) is 7.97. The Bertz CT molecular complexity index is 522. The highest BCUT2D eigenvalue weighted by molar-refractivity contribution is 7.90. The number of amides is 1. The van der Waals surface area contributed by atoms with Crippen molar-refractivity contribution in [3.63, 3.8) is 0 Å². The van der Waals surface area contributed by atoms with E-state index in [-0.39, 0.29) is 10.8 Å². The van der Waals surface area contributed by atoms with Gasteiger partial charge in [0.15, 0.2) is 9.84 Å². The summed E-state index contributed by atoms with van der Waals surface area (Å²) >= 11 is 0. The number of sulfone groups is 1. The first-order valence-electron chi connectivity index (χ1n) is 5.34. The van der Waals surface area contributed by atoms with E-state index in [1.165, 1.54) is 6.26 Å². The first kappa shape index (κ1) is 11.9. The Labute approximate surface area is 100 Å². The molecule has 6 heteroatoms. The van der Waals surface area contributed by atoms with Gasteiger partial charge < -0.3 is 0 Å². The number of anilines is 1. The van der Waals surface area contributed by atoms with Crippen LogP contribution in [0.15, 0.2) is 29.2 Å². The van der Waals surface area contributed by atoms with Crippen LogP contribution in [0.4, 0.5) is 5.69 Å². The predicted octanol–water partition coefficient (Wildman–Crippen LogP) is 0.721. The van der Waals surface area contributed by atoms with E-state index in [9.17, 15) is 13.2 Å². The molecule has 1 N–H and O–H groups in total. The monoisotopic (exact) mass is 254 g/mol. The molecule has 1 saturated heterocycles. The van der Waals surface area contributed by atoms with E-state index in [0.717, 1.165) is 18.7 Å². The number of nitrogens with one attached hydrogen (secondary N) is 1. The number of carbonyl (C=O) groups excluding carboxylic acids is 1. The third kappa shape index (κ3) is 2.76. The minimum absolute atomic E-state index is 0.0107. The van der Waals surface area contributed by atoms with Crippen LogP contribution >= 0.6 is 0 Å². The zero-order valence-electron chi connectivity index (χ0n) is 9.51. The molecular formula is C11H14N2O3S. The molecule has 1 aliphatic heterocycles. The van der Waals surface area contributed by atoms with Gasteiger partial charge in [0, 0.05) is 19.2 Å². The molecule has 92 valence electrons. The van der Waals surface area contributed by atoms with E-state index < -0.39 is 9.84 Å². The van der Waals surface area contributed by atoms with Gasteiger partial charge in [0.05, 0.1) is 10.6 Å². The molecule has 0 saturated carbocycles. The Kier molecular flexibility index (Phi) is 3.06. The summed E-state index contributed by atoms with van der Waals surface area (Å²) < 4.78 is 22.6. The lowest BCUT2D eigenvalue weighted by Crippen LogP contribution is -2.46. The summed E-state index contributed by atoms with van der Waals surface area (Å²) in [5.74, 6) is -0.0107. The van der Waals surface area contributed by atoms with Gasteiger partial charge in [-0.05, 0) is 30.7 Å². The molecule has 0 unspecified atom stereocenters. The van der Waals surface area contributed by atoms with Crippen molar-refractivity contribution in [3.8, 4) is 0 Å². The standard InChI is InChI=1S/C11H14N2O3S/c1-17(15,16)10-6-4-9(5-7-10)13-8-2-3-11(14)12-13/h4-7H,2-3,8H2,1H3,(H,12,14). The summed E-state index contributed by atoms with van der Waals surface area (Å²) in [4.78, 5) is 11.5. The molecule has 0 aliphatic carbocycles. The second-order valence-electron chi connectivity index (χ2n) is 4.06. The molecule has 17 heavy (non-hydrogen) atoms. The molecule has 0 radical (unpaired) electrons. The van der Waals surface area contributed by atoms with Crippen molar-refractivity contribution in [1.29, 1.82) is 0 Å². The number of hydrazine groups is 1. The molecule has 1 aromatic carbocycles. The maximum absolute atomic E-state index is 11.3. The zero-order chi connectivity index (χ0) is 12.5. The summed E-state index contributed by atoms with van der Waals surface area (Å²) in [5, 5.41) is 1.73. The van der Waals surface area contributed by atoms with Gasteiger partial charge in [-0.2, -0.15) is 0 Å². The van der Waals surface area contributed by atoms with Crippen LogP contribution in [0.1, 0.15) is 12.8 Å². The molecule has 0 spiro atoms. The molecular weight excluding hydrogens is 240 g/mol. The normalized spacial score (nSPS) is 16.8. The van der Waals surface area contributed by atoms with Crippen LogP contribution < -0.4 is 10.4 Å². The molecule has 1 heterocycles. The summed E-state index contributed by atoms with van der Waals surface area (Å²) in [6.07, 6.45) is 2.52. The molecule has 0 atom stereocenters. The minimum Gasteiger partial charge on any atom is -0.286 e. The van der Waals surface area contributed by atoms with Crippen LogP contribution in [-0.2, 0) is 14.6 Å². The van der Waals surface area contributed by atoms with Crippen LogP contribution in [0.25, 0.3) is 0 Å². The van der Waals surface area contributed by atoms with Crippen molar-refractivity contribution in [2.75, 3.05) is 17.8 Å². The average molecular weight is 254 g/mol. The van der Waals surface area contributed by atoms with Crippen molar-refractivity contribution in [1.82, 2.24) is 5.43 Å². The summed E-state index contributed by atoms with van der Waals surface area (Å²) in [7, 11) is -3.17. The van der Waals surface area contributed by atoms with Crippen LogP contribution in [0.5, 0.6) is 0 Å². The number of hydrogen-bond donors (Lipinski definition) is 1. The summed E-state index contributed by atoms with van der Waals surface area (Å²) in [6, 6.07) is 6.49. The Morgan fingerprint density at radius 2 is 1.88 bits per heavy atom. The van der Waals surface area contributed by atoms with Crippen LogP contribution in [0, 0.1) is 0 Å². The van der Waals surface area contributed by atoms with Crippen molar-refractivity contribution in [2.24, 2.45) is 0 Å². The van der Waals surface area contributed by atoms with Crippen molar-refractivity contribution in [2.45, 2.75) is 17.7 Å². The SMILES string of the molecule is CS(=O)(=O)c1ccc(N2CCCC(=O)N2)cc1. The highest BCUT2D eigenvalue weighted by Crippen LogP contribution is 2.18. The van der Waals surface area contributed by atoms with Crippen molar-refractivity contribution >= 4 is 21.4 Å². The number of nitrogens with zero attached hydrogens (tertiary/aromatic N) is 1. The molecule has 1 amide bonds. The minimum atomic E-state index is -3.17. The lowest BCUT2D eigenvalue weighted by molar-refractivity contribution is -0.122. The van der Waals surface area contributed by atoms with E-state index >= 15 is 0 Å². The lowest BCUT2D eigenvalue weighted by atomic mass is 10.2. The van der Waals surface area contributed by atoms with Gasteiger partial charge in [0.1, 0.15) is 0 Å². The fourth-order valence-corrected chi connectivity index (χ4v) is 2.36. The number of rotatable bonds is 2. The molecule has 0 aromatic heterocycles. The van der Waals surface area contributed by atoms with Crippen LogP contribution in [-0.4, -0.2) is 27.1 Å². The fraction of sp³-hybridized carbons (Fsp3) is 0.364. The second kappa shape index (κ2) is 4.37. The third-order valence-electron chi connectivity index (χ3n) is 2.62. The van der Waals surface area contributed by atoms with E-state index in [0.29, 0.717) is 6.42 Å². The molecule has 5 nitrogen and oxygen atoms in total. The largest absolute Gasteiger partial charge is 0.286 e. The maximum Gasteiger partial charge on any atom is 0.238 e. The van der Waals surface area contributed by atoms with Gasteiger partial charge in [0.25, 0.3) is 0 Å². The summed E-state index contributed by atoms with van der Waals surface area (Å²) in [6.45, 7) is 0.740. The Balaban J connectivity index is 2.20. The van der Waals surface area contributed by atoms with Crippen LogP contribution in [0.2, 0.25) is 0 Å².